The van der Waals surface area contributed by atoms with Crippen molar-refractivity contribution in [2.75, 3.05) is 40.5 Å². The van der Waals surface area contributed by atoms with Crippen molar-refractivity contribution in [2.24, 2.45) is 0 Å². The third-order valence-electron chi connectivity index (χ3n) is 5.32. The molecule has 1 saturated heterocycles. The Kier molecular flexibility index (Phi) is 6.33. The van der Waals surface area contributed by atoms with Crippen LogP contribution in [0.2, 0.25) is 0 Å². The number of benzene rings is 2. The fraction of sp³-hybridized carbons (Fsp3) is 0.364. The highest BCUT2D eigenvalue weighted by molar-refractivity contribution is 7.90. The van der Waals surface area contributed by atoms with Gasteiger partial charge in [0.25, 0.3) is 0 Å². The Labute approximate surface area is 186 Å². The van der Waals surface area contributed by atoms with Crippen LogP contribution in [0, 0.1) is 0 Å². The number of carbonyl (C=O) groups excluding carboxylic acids is 1. The summed E-state index contributed by atoms with van der Waals surface area (Å²) < 4.78 is 44.2. The summed E-state index contributed by atoms with van der Waals surface area (Å²) in [7, 11) is -0.879. The number of morpholine rings is 1. The summed E-state index contributed by atoms with van der Waals surface area (Å²) in [5.41, 5.74) is 1.61. The van der Waals surface area contributed by atoms with Gasteiger partial charge in [-0.05, 0) is 29.8 Å². The van der Waals surface area contributed by atoms with Crippen molar-refractivity contribution in [3.63, 3.8) is 0 Å². The van der Waals surface area contributed by atoms with Gasteiger partial charge in [0.05, 0.1) is 44.2 Å². The predicted molar refractivity (Wildman–Crippen MR) is 118 cm³/mol. The SMILES string of the molecule is COc1cc(CS(=O)(=O)c2nc3ccccc3n2CC(=O)N2CCOCC2)cc(OC)c1. The number of aromatic nitrogens is 2. The summed E-state index contributed by atoms with van der Waals surface area (Å²) >= 11 is 0. The van der Waals surface area contributed by atoms with Crippen molar-refractivity contribution in [3.8, 4) is 11.5 Å². The Morgan fingerprint density at radius 3 is 2.38 bits per heavy atom. The van der Waals surface area contributed by atoms with Gasteiger partial charge in [0.2, 0.25) is 20.9 Å². The molecule has 0 atom stereocenters. The number of fused-ring (bicyclic) bond motifs is 1. The molecule has 0 unspecified atom stereocenters. The van der Waals surface area contributed by atoms with Gasteiger partial charge in [-0.2, -0.15) is 0 Å². The summed E-state index contributed by atoms with van der Waals surface area (Å²) in [6.07, 6.45) is 0. The molecule has 9 nitrogen and oxygen atoms in total. The molecule has 1 amide bonds. The fourth-order valence-electron chi connectivity index (χ4n) is 3.73. The molecule has 170 valence electrons. The molecule has 2 aromatic carbocycles. The van der Waals surface area contributed by atoms with E-state index in [2.05, 4.69) is 4.98 Å². The second-order valence-electron chi connectivity index (χ2n) is 7.44. The van der Waals surface area contributed by atoms with Crippen LogP contribution in [0.15, 0.2) is 47.6 Å². The van der Waals surface area contributed by atoms with Crippen LogP contribution >= 0.6 is 0 Å². The number of imidazole rings is 1. The zero-order valence-electron chi connectivity index (χ0n) is 18.0. The summed E-state index contributed by atoms with van der Waals surface area (Å²) in [5.74, 6) is 0.502. The van der Waals surface area contributed by atoms with E-state index in [4.69, 9.17) is 14.2 Å². The predicted octanol–water partition coefficient (Wildman–Crippen LogP) is 1.89. The van der Waals surface area contributed by atoms with E-state index < -0.39 is 9.84 Å². The standard InChI is InChI=1S/C22H25N3O6S/c1-29-17-11-16(12-18(13-17)30-2)15-32(27,28)22-23-19-5-3-4-6-20(19)25(22)14-21(26)24-7-9-31-10-8-24/h3-6,11-13H,7-10,14-15H2,1-2H3. The van der Waals surface area contributed by atoms with Gasteiger partial charge in [-0.3, -0.25) is 4.79 Å². The molecule has 0 saturated carbocycles. The molecule has 0 spiro atoms. The number of sulfone groups is 1. The quantitative estimate of drug-likeness (QED) is 0.532. The van der Waals surface area contributed by atoms with Crippen LogP contribution in [0.25, 0.3) is 11.0 Å². The number of ether oxygens (including phenoxy) is 3. The van der Waals surface area contributed by atoms with Gasteiger partial charge in [-0.25, -0.2) is 13.4 Å². The molecular formula is C22H25N3O6S. The third kappa shape index (κ3) is 4.56. The van der Waals surface area contributed by atoms with E-state index in [0.29, 0.717) is 54.4 Å². The average molecular weight is 460 g/mol. The van der Waals surface area contributed by atoms with E-state index in [1.165, 1.54) is 18.8 Å². The highest BCUT2D eigenvalue weighted by atomic mass is 32.2. The molecule has 1 fully saturated rings. The largest absolute Gasteiger partial charge is 0.497 e. The monoisotopic (exact) mass is 459 g/mol. The molecule has 2 heterocycles. The lowest BCUT2D eigenvalue weighted by atomic mass is 10.2. The normalized spacial score (nSPS) is 14.5. The number of hydrogen-bond donors (Lipinski definition) is 0. The van der Waals surface area contributed by atoms with Crippen LogP contribution in [-0.4, -0.2) is 69.3 Å². The lowest BCUT2D eigenvalue weighted by Crippen LogP contribution is -2.42. The van der Waals surface area contributed by atoms with Crippen LogP contribution in [0.1, 0.15) is 5.56 Å². The number of amides is 1. The van der Waals surface area contributed by atoms with Crippen molar-refractivity contribution < 1.29 is 27.4 Å². The molecule has 0 radical (unpaired) electrons. The summed E-state index contributed by atoms with van der Waals surface area (Å²) in [6, 6.07) is 12.0. The smallest absolute Gasteiger partial charge is 0.242 e. The van der Waals surface area contributed by atoms with Crippen molar-refractivity contribution in [3.05, 3.63) is 48.0 Å². The Balaban J connectivity index is 1.71. The van der Waals surface area contributed by atoms with E-state index in [1.54, 1.807) is 47.4 Å². The van der Waals surface area contributed by atoms with Gasteiger partial charge in [0.1, 0.15) is 18.0 Å². The first-order chi connectivity index (χ1) is 15.4. The Bertz CT molecular complexity index is 1210. The summed E-state index contributed by atoms with van der Waals surface area (Å²) in [6.45, 7) is 1.79. The molecule has 0 N–H and O–H groups in total. The molecule has 0 bridgehead atoms. The molecule has 32 heavy (non-hydrogen) atoms. The molecular weight excluding hydrogens is 434 g/mol. The maximum Gasteiger partial charge on any atom is 0.242 e. The molecule has 1 aliphatic heterocycles. The van der Waals surface area contributed by atoms with E-state index >= 15 is 0 Å². The zero-order valence-corrected chi connectivity index (χ0v) is 18.8. The molecule has 10 heteroatoms. The van der Waals surface area contributed by atoms with Gasteiger partial charge in [-0.1, -0.05) is 12.1 Å². The zero-order chi connectivity index (χ0) is 22.7. The maximum atomic E-state index is 13.4. The van der Waals surface area contributed by atoms with Crippen LogP contribution in [0.3, 0.4) is 0 Å². The van der Waals surface area contributed by atoms with Crippen molar-refractivity contribution in [1.82, 2.24) is 14.5 Å². The number of para-hydroxylation sites is 2. The van der Waals surface area contributed by atoms with E-state index in [-0.39, 0.29) is 23.4 Å². The number of carbonyl (C=O) groups is 1. The minimum Gasteiger partial charge on any atom is -0.497 e. The number of methoxy groups -OCH3 is 2. The summed E-state index contributed by atoms with van der Waals surface area (Å²) in [4.78, 5) is 19.0. The maximum absolute atomic E-state index is 13.4. The Hall–Kier alpha value is -3.11. The van der Waals surface area contributed by atoms with Gasteiger partial charge < -0.3 is 23.7 Å². The first kappa shape index (κ1) is 22.1. The van der Waals surface area contributed by atoms with Gasteiger partial charge >= 0.3 is 0 Å². The second-order valence-corrected chi connectivity index (χ2v) is 9.33. The number of hydrogen-bond acceptors (Lipinski definition) is 7. The average Bonchev–Trinajstić information content (AvgIpc) is 3.18. The first-order valence-corrected chi connectivity index (χ1v) is 11.8. The van der Waals surface area contributed by atoms with Gasteiger partial charge in [-0.15, -0.1) is 0 Å². The van der Waals surface area contributed by atoms with Gasteiger partial charge in [0, 0.05) is 19.2 Å². The second kappa shape index (κ2) is 9.17. The van der Waals surface area contributed by atoms with E-state index in [9.17, 15) is 13.2 Å². The van der Waals surface area contributed by atoms with E-state index in [1.807, 2.05) is 0 Å². The van der Waals surface area contributed by atoms with Crippen molar-refractivity contribution in [2.45, 2.75) is 17.5 Å². The lowest BCUT2D eigenvalue weighted by Gasteiger charge is -2.27. The van der Waals surface area contributed by atoms with Crippen molar-refractivity contribution in [1.29, 1.82) is 0 Å². The van der Waals surface area contributed by atoms with Crippen LogP contribution in [-0.2, 0) is 31.7 Å². The fourth-order valence-corrected chi connectivity index (χ4v) is 5.20. The number of nitrogens with zero attached hydrogens (tertiary/aromatic N) is 3. The molecule has 1 aliphatic rings. The van der Waals surface area contributed by atoms with Gasteiger partial charge in [0.15, 0.2) is 0 Å². The molecule has 0 aliphatic carbocycles. The lowest BCUT2D eigenvalue weighted by molar-refractivity contribution is -0.135. The number of rotatable bonds is 7. The first-order valence-electron chi connectivity index (χ1n) is 10.2. The molecule has 4 rings (SSSR count). The molecule has 3 aromatic rings. The third-order valence-corrected chi connectivity index (χ3v) is 6.90. The minimum absolute atomic E-state index is 0.115. The van der Waals surface area contributed by atoms with Crippen LogP contribution in [0.4, 0.5) is 0 Å². The highest BCUT2D eigenvalue weighted by Crippen LogP contribution is 2.27. The van der Waals surface area contributed by atoms with Crippen molar-refractivity contribution >= 4 is 26.8 Å². The van der Waals surface area contributed by atoms with Crippen LogP contribution in [0.5, 0.6) is 11.5 Å². The van der Waals surface area contributed by atoms with Crippen LogP contribution < -0.4 is 9.47 Å². The molecule has 1 aromatic heterocycles. The topological polar surface area (TPSA) is 100.0 Å². The Morgan fingerprint density at radius 1 is 1.06 bits per heavy atom. The van der Waals surface area contributed by atoms with E-state index in [0.717, 1.165) is 0 Å². The highest BCUT2D eigenvalue weighted by Gasteiger charge is 2.27. The summed E-state index contributed by atoms with van der Waals surface area (Å²) in [5, 5.41) is -0.137. The Morgan fingerprint density at radius 2 is 1.72 bits per heavy atom. The minimum atomic E-state index is -3.89.